The number of anilines is 2. The summed E-state index contributed by atoms with van der Waals surface area (Å²) in [4.78, 5) is 12.6. The molecule has 110 valence electrons. The van der Waals surface area contributed by atoms with Gasteiger partial charge < -0.3 is 11.1 Å². The SMILES string of the molecule is Cc1cc(C)c(C(=O)Nc2c(N)cc(C)cc2Br)c(C)c1. The quantitative estimate of drug-likeness (QED) is 0.785. The number of hydrogen-bond donors (Lipinski definition) is 2. The molecule has 2 aromatic carbocycles. The van der Waals surface area contributed by atoms with Gasteiger partial charge in [0.15, 0.2) is 0 Å². The van der Waals surface area contributed by atoms with Crippen LogP contribution in [0.15, 0.2) is 28.7 Å². The van der Waals surface area contributed by atoms with Crippen LogP contribution < -0.4 is 11.1 Å². The first kappa shape index (κ1) is 15.6. The molecule has 0 saturated heterocycles. The van der Waals surface area contributed by atoms with Crippen molar-refractivity contribution in [1.29, 1.82) is 0 Å². The van der Waals surface area contributed by atoms with Crippen molar-refractivity contribution in [2.75, 3.05) is 11.1 Å². The molecule has 0 fully saturated rings. The first-order chi connectivity index (χ1) is 9.79. The van der Waals surface area contributed by atoms with Gasteiger partial charge in [-0.25, -0.2) is 0 Å². The maximum atomic E-state index is 12.6. The lowest BCUT2D eigenvalue weighted by atomic mass is 9.99. The Morgan fingerprint density at radius 3 is 2.05 bits per heavy atom. The van der Waals surface area contributed by atoms with Crippen LogP contribution in [0.5, 0.6) is 0 Å². The molecule has 0 saturated carbocycles. The number of nitrogens with two attached hydrogens (primary N) is 1. The Labute approximate surface area is 133 Å². The monoisotopic (exact) mass is 346 g/mol. The average molecular weight is 347 g/mol. The highest BCUT2D eigenvalue weighted by Gasteiger charge is 2.15. The molecule has 0 aliphatic carbocycles. The summed E-state index contributed by atoms with van der Waals surface area (Å²) >= 11 is 3.45. The van der Waals surface area contributed by atoms with Crippen LogP contribution in [0.2, 0.25) is 0 Å². The van der Waals surface area contributed by atoms with E-state index < -0.39 is 0 Å². The average Bonchev–Trinajstić information content (AvgIpc) is 2.32. The lowest BCUT2D eigenvalue weighted by Gasteiger charge is -2.14. The highest BCUT2D eigenvalue weighted by Crippen LogP contribution is 2.31. The first-order valence-electron chi connectivity index (χ1n) is 6.74. The fourth-order valence-electron chi connectivity index (χ4n) is 2.62. The molecule has 3 nitrogen and oxygen atoms in total. The van der Waals surface area contributed by atoms with Gasteiger partial charge in [-0.3, -0.25) is 4.79 Å². The fourth-order valence-corrected chi connectivity index (χ4v) is 3.30. The molecule has 1 amide bonds. The van der Waals surface area contributed by atoms with Crippen molar-refractivity contribution in [2.45, 2.75) is 27.7 Å². The summed E-state index contributed by atoms with van der Waals surface area (Å²) in [5.74, 6) is -0.138. The van der Waals surface area contributed by atoms with Gasteiger partial charge in [-0.15, -0.1) is 0 Å². The summed E-state index contributed by atoms with van der Waals surface area (Å²) < 4.78 is 0.788. The molecule has 3 N–H and O–H groups in total. The van der Waals surface area contributed by atoms with E-state index in [0.717, 1.165) is 26.7 Å². The molecule has 0 bridgehead atoms. The second-order valence-electron chi connectivity index (χ2n) is 5.44. The lowest BCUT2D eigenvalue weighted by molar-refractivity contribution is 0.102. The molecule has 0 unspecified atom stereocenters. The molecule has 2 rings (SSSR count). The van der Waals surface area contributed by atoms with Crippen molar-refractivity contribution in [2.24, 2.45) is 0 Å². The van der Waals surface area contributed by atoms with Crippen molar-refractivity contribution in [1.82, 2.24) is 0 Å². The molecule has 2 aromatic rings. The van der Waals surface area contributed by atoms with Crippen LogP contribution >= 0.6 is 15.9 Å². The van der Waals surface area contributed by atoms with E-state index in [0.29, 0.717) is 16.9 Å². The van der Waals surface area contributed by atoms with Gasteiger partial charge in [-0.2, -0.15) is 0 Å². The van der Waals surface area contributed by atoms with Gasteiger partial charge in [0.05, 0.1) is 11.4 Å². The normalized spacial score (nSPS) is 10.5. The van der Waals surface area contributed by atoms with E-state index >= 15 is 0 Å². The topological polar surface area (TPSA) is 55.1 Å². The third-order valence-electron chi connectivity index (χ3n) is 3.41. The molecule has 0 heterocycles. The van der Waals surface area contributed by atoms with Crippen LogP contribution in [-0.4, -0.2) is 5.91 Å². The number of halogens is 1. The molecular formula is C17H19BrN2O. The third-order valence-corrected chi connectivity index (χ3v) is 4.03. The lowest BCUT2D eigenvalue weighted by Crippen LogP contribution is -2.16. The van der Waals surface area contributed by atoms with Crippen LogP contribution in [0.25, 0.3) is 0 Å². The number of amides is 1. The van der Waals surface area contributed by atoms with Gasteiger partial charge in [0.25, 0.3) is 5.91 Å². The maximum Gasteiger partial charge on any atom is 0.256 e. The third kappa shape index (κ3) is 3.27. The Balaban J connectivity index is 2.40. The zero-order valence-corrected chi connectivity index (χ0v) is 14.3. The minimum absolute atomic E-state index is 0.138. The van der Waals surface area contributed by atoms with Gasteiger partial charge >= 0.3 is 0 Å². The first-order valence-corrected chi connectivity index (χ1v) is 7.53. The number of carbonyl (C=O) groups excluding carboxylic acids is 1. The summed E-state index contributed by atoms with van der Waals surface area (Å²) in [6.07, 6.45) is 0. The fraction of sp³-hybridized carbons (Fsp3) is 0.235. The Kier molecular flexibility index (Phi) is 4.37. The highest BCUT2D eigenvalue weighted by atomic mass is 79.9. The van der Waals surface area contributed by atoms with E-state index in [9.17, 15) is 4.79 Å². The maximum absolute atomic E-state index is 12.6. The predicted molar refractivity (Wildman–Crippen MR) is 91.9 cm³/mol. The second-order valence-corrected chi connectivity index (χ2v) is 6.29. The van der Waals surface area contributed by atoms with Crippen LogP contribution in [-0.2, 0) is 0 Å². The Morgan fingerprint density at radius 1 is 1.00 bits per heavy atom. The van der Waals surface area contributed by atoms with E-state index in [4.69, 9.17) is 5.73 Å². The summed E-state index contributed by atoms with van der Waals surface area (Å²) in [5.41, 5.74) is 12.0. The standard InChI is InChI=1S/C17H19BrN2O/c1-9-5-11(3)15(12(4)6-9)17(21)20-16-13(18)7-10(2)8-14(16)19/h5-8H,19H2,1-4H3,(H,20,21). The van der Waals surface area contributed by atoms with E-state index in [1.807, 2.05) is 52.0 Å². The Bertz CT molecular complexity index is 677. The largest absolute Gasteiger partial charge is 0.397 e. The van der Waals surface area contributed by atoms with Gasteiger partial charge in [0.2, 0.25) is 0 Å². The summed E-state index contributed by atoms with van der Waals surface area (Å²) in [7, 11) is 0. The van der Waals surface area contributed by atoms with Gasteiger partial charge in [0.1, 0.15) is 0 Å². The minimum Gasteiger partial charge on any atom is -0.397 e. The van der Waals surface area contributed by atoms with Crippen LogP contribution in [0.1, 0.15) is 32.6 Å². The second kappa shape index (κ2) is 5.90. The van der Waals surface area contributed by atoms with Crippen molar-refractivity contribution >= 4 is 33.2 Å². The van der Waals surface area contributed by atoms with Crippen LogP contribution in [0.3, 0.4) is 0 Å². The Hall–Kier alpha value is -1.81. The number of aryl methyl sites for hydroxylation is 4. The number of carbonyl (C=O) groups is 1. The molecule has 0 aromatic heterocycles. The summed E-state index contributed by atoms with van der Waals surface area (Å²) in [6.45, 7) is 7.88. The number of nitrogen functional groups attached to an aromatic ring is 1. The van der Waals surface area contributed by atoms with Crippen molar-refractivity contribution in [3.05, 3.63) is 56.6 Å². The number of rotatable bonds is 2. The molecule has 4 heteroatoms. The van der Waals surface area contributed by atoms with Crippen molar-refractivity contribution < 1.29 is 4.79 Å². The minimum atomic E-state index is -0.138. The molecule has 0 aliphatic heterocycles. The van der Waals surface area contributed by atoms with Gasteiger partial charge in [0, 0.05) is 10.0 Å². The van der Waals surface area contributed by atoms with Gasteiger partial charge in [-0.05, 0) is 72.4 Å². The van der Waals surface area contributed by atoms with Gasteiger partial charge in [-0.1, -0.05) is 17.7 Å². The number of nitrogens with one attached hydrogen (secondary N) is 1. The van der Waals surface area contributed by atoms with E-state index in [1.165, 1.54) is 0 Å². The molecule has 0 spiro atoms. The molecule has 0 atom stereocenters. The highest BCUT2D eigenvalue weighted by molar-refractivity contribution is 9.10. The van der Waals surface area contributed by atoms with Crippen LogP contribution in [0, 0.1) is 27.7 Å². The molecular weight excluding hydrogens is 328 g/mol. The molecule has 0 radical (unpaired) electrons. The molecule has 21 heavy (non-hydrogen) atoms. The number of benzene rings is 2. The number of hydrogen-bond acceptors (Lipinski definition) is 2. The smallest absolute Gasteiger partial charge is 0.256 e. The predicted octanol–water partition coefficient (Wildman–Crippen LogP) is 4.52. The Morgan fingerprint density at radius 2 is 1.52 bits per heavy atom. The van der Waals surface area contributed by atoms with Crippen molar-refractivity contribution in [3.63, 3.8) is 0 Å². The summed E-state index contributed by atoms with van der Waals surface area (Å²) in [6, 6.07) is 7.79. The van der Waals surface area contributed by atoms with E-state index in [2.05, 4.69) is 21.2 Å². The van der Waals surface area contributed by atoms with Crippen LogP contribution in [0.4, 0.5) is 11.4 Å². The zero-order chi connectivity index (χ0) is 15.7. The summed E-state index contributed by atoms with van der Waals surface area (Å²) in [5, 5.41) is 2.91. The van der Waals surface area contributed by atoms with E-state index in [1.54, 1.807) is 0 Å². The van der Waals surface area contributed by atoms with Crippen molar-refractivity contribution in [3.8, 4) is 0 Å². The van der Waals surface area contributed by atoms with E-state index in [-0.39, 0.29) is 5.91 Å². The molecule has 0 aliphatic rings. The zero-order valence-electron chi connectivity index (χ0n) is 12.7.